The molecule has 2 atom stereocenters. The summed E-state index contributed by atoms with van der Waals surface area (Å²) < 4.78 is 13.3. The van der Waals surface area contributed by atoms with Gasteiger partial charge in [-0.05, 0) is 53.9 Å². The summed E-state index contributed by atoms with van der Waals surface area (Å²) in [5, 5.41) is 7.46. The van der Waals surface area contributed by atoms with Gasteiger partial charge in [-0.2, -0.15) is 5.10 Å². The maximum atomic E-state index is 13.6. The number of nitrogens with zero attached hydrogens (tertiary/aromatic N) is 5. The Morgan fingerprint density at radius 1 is 0.907 bits per heavy atom. The number of hydrogen-bond donors (Lipinski definition) is 1. The predicted molar refractivity (Wildman–Crippen MR) is 156 cm³/mol. The van der Waals surface area contributed by atoms with Crippen LogP contribution in [-0.2, 0) is 11.2 Å². The fourth-order valence-electron chi connectivity index (χ4n) is 6.21. The van der Waals surface area contributed by atoms with Gasteiger partial charge in [-0.25, -0.2) is 9.50 Å². The number of ether oxygens (including phenoxy) is 2. The third-order valence-corrected chi connectivity index (χ3v) is 8.44. The Bertz CT molecular complexity index is 1670. The Kier molecular flexibility index (Phi) is 7.14. The number of benzene rings is 2. The van der Waals surface area contributed by atoms with Gasteiger partial charge in [0.2, 0.25) is 5.91 Å². The van der Waals surface area contributed by atoms with E-state index in [0.717, 1.165) is 23.3 Å². The van der Waals surface area contributed by atoms with Crippen molar-refractivity contribution >= 4 is 23.4 Å². The Hall–Kier alpha value is -4.93. The summed E-state index contributed by atoms with van der Waals surface area (Å²) in [7, 11) is 0. The van der Waals surface area contributed by atoms with Gasteiger partial charge in [0.25, 0.3) is 11.8 Å². The summed E-state index contributed by atoms with van der Waals surface area (Å²) in [5.41, 5.74) is 3.49. The molecule has 1 fully saturated rings. The molecule has 0 spiro atoms. The zero-order valence-electron chi connectivity index (χ0n) is 23.6. The number of amides is 3. The molecule has 2 aromatic carbocycles. The first kappa shape index (κ1) is 26.9. The van der Waals surface area contributed by atoms with Crippen molar-refractivity contribution in [1.82, 2.24) is 29.7 Å². The first-order valence-electron chi connectivity index (χ1n) is 14.7. The van der Waals surface area contributed by atoms with Crippen molar-refractivity contribution in [2.24, 2.45) is 5.92 Å². The van der Waals surface area contributed by atoms with Crippen LogP contribution in [0.4, 0.5) is 0 Å². The fraction of sp³-hybridized carbons (Fsp3) is 0.344. The Labute approximate surface area is 248 Å². The van der Waals surface area contributed by atoms with Crippen LogP contribution in [-0.4, -0.2) is 88.1 Å². The molecule has 3 aliphatic rings. The number of carbonyl (C=O) groups is 3. The Morgan fingerprint density at radius 2 is 1.81 bits per heavy atom. The Balaban J connectivity index is 1.10. The van der Waals surface area contributed by atoms with Crippen molar-refractivity contribution in [3.63, 3.8) is 0 Å². The van der Waals surface area contributed by atoms with Crippen LogP contribution in [0.5, 0.6) is 11.5 Å². The molecular formula is C32H32N6O5. The summed E-state index contributed by atoms with van der Waals surface area (Å²) >= 11 is 0. The minimum Gasteiger partial charge on any atom is -0.493 e. The molecule has 43 heavy (non-hydrogen) atoms. The van der Waals surface area contributed by atoms with Gasteiger partial charge in [0.05, 0.1) is 19.1 Å². The van der Waals surface area contributed by atoms with Crippen LogP contribution in [0.25, 0.3) is 5.65 Å². The van der Waals surface area contributed by atoms with E-state index in [1.54, 1.807) is 44.9 Å². The minimum absolute atomic E-state index is 0.0865. The van der Waals surface area contributed by atoms with Crippen molar-refractivity contribution in [3.8, 4) is 11.5 Å². The molecule has 220 valence electrons. The molecule has 2 aromatic heterocycles. The molecule has 3 aliphatic heterocycles. The monoisotopic (exact) mass is 580 g/mol. The molecule has 4 aromatic rings. The second-order valence-corrected chi connectivity index (χ2v) is 11.2. The number of fused-ring (bicyclic) bond motifs is 6. The number of likely N-dealkylation sites (tertiary alicyclic amines) is 1. The van der Waals surface area contributed by atoms with Crippen LogP contribution in [0.2, 0.25) is 0 Å². The van der Waals surface area contributed by atoms with Crippen molar-refractivity contribution in [3.05, 3.63) is 89.4 Å². The first-order valence-corrected chi connectivity index (χ1v) is 14.7. The zero-order chi connectivity index (χ0) is 29.3. The van der Waals surface area contributed by atoms with Crippen LogP contribution in [0.1, 0.15) is 44.3 Å². The molecule has 1 N–H and O–H groups in total. The molecule has 0 aliphatic carbocycles. The van der Waals surface area contributed by atoms with Gasteiger partial charge < -0.3 is 24.6 Å². The molecule has 5 heterocycles. The van der Waals surface area contributed by atoms with Gasteiger partial charge in [-0.3, -0.25) is 14.4 Å². The first-order chi connectivity index (χ1) is 21.0. The van der Waals surface area contributed by atoms with E-state index in [0.29, 0.717) is 75.0 Å². The molecule has 11 heteroatoms. The summed E-state index contributed by atoms with van der Waals surface area (Å²) in [6, 6.07) is 16.7. The lowest BCUT2D eigenvalue weighted by Crippen LogP contribution is -2.39. The van der Waals surface area contributed by atoms with Gasteiger partial charge in [0.1, 0.15) is 18.1 Å². The van der Waals surface area contributed by atoms with Gasteiger partial charge in [-0.1, -0.05) is 12.1 Å². The lowest BCUT2D eigenvalue weighted by Gasteiger charge is -2.24. The second kappa shape index (κ2) is 11.4. The van der Waals surface area contributed by atoms with E-state index in [4.69, 9.17) is 9.47 Å². The SMILES string of the molecule is O=C1NCCCN(C(=O)c2cc3ncccn3n2)CCOc2cccc(c2)[C@H]2CN(C(=O)c3ccc4c(c3)CCO4)C[C@H]12. The maximum Gasteiger partial charge on any atom is 0.274 e. The molecule has 0 saturated carbocycles. The van der Waals surface area contributed by atoms with Gasteiger partial charge in [0, 0.05) is 62.5 Å². The van der Waals surface area contributed by atoms with Crippen molar-refractivity contribution in [2.45, 2.75) is 18.8 Å². The standard InChI is InChI=1S/C32H32N6O5/c39-30-26-20-37(31(40)23-6-7-28-22(16-23)8-14-43-28)19-25(26)21-4-1-5-24(17-21)42-15-13-36(11-2-10-34-30)32(41)27-18-29-33-9-3-12-38(29)35-27/h1,3-7,9,12,16-18,25-26H,2,8,10-11,13-15,19-20H2,(H,34,39)/t25-,26+/m1/s1. The number of carbonyl (C=O) groups excluding carboxylic acids is 3. The number of nitrogens with one attached hydrogen (secondary N) is 1. The van der Waals surface area contributed by atoms with Gasteiger partial charge in [0.15, 0.2) is 11.3 Å². The Morgan fingerprint density at radius 3 is 2.72 bits per heavy atom. The smallest absolute Gasteiger partial charge is 0.274 e. The summed E-state index contributed by atoms with van der Waals surface area (Å²) in [5.74, 6) is 0.494. The summed E-state index contributed by atoms with van der Waals surface area (Å²) in [6.45, 7) is 2.86. The van der Waals surface area contributed by atoms with E-state index in [1.807, 2.05) is 36.4 Å². The third kappa shape index (κ3) is 5.38. The van der Waals surface area contributed by atoms with E-state index in [9.17, 15) is 14.4 Å². The molecular weight excluding hydrogens is 548 g/mol. The average molecular weight is 581 g/mol. The second-order valence-electron chi connectivity index (χ2n) is 11.2. The van der Waals surface area contributed by atoms with Crippen molar-refractivity contribution < 1.29 is 23.9 Å². The van der Waals surface area contributed by atoms with Crippen LogP contribution < -0.4 is 14.8 Å². The van der Waals surface area contributed by atoms with E-state index in [2.05, 4.69) is 15.4 Å². The fourth-order valence-corrected chi connectivity index (χ4v) is 6.21. The summed E-state index contributed by atoms with van der Waals surface area (Å²) in [4.78, 5) is 48.3. The van der Waals surface area contributed by atoms with Crippen LogP contribution in [0, 0.1) is 5.92 Å². The van der Waals surface area contributed by atoms with E-state index in [-0.39, 0.29) is 23.6 Å². The normalized spacial score (nSPS) is 20.4. The molecule has 0 radical (unpaired) electrons. The number of hydrogen-bond acceptors (Lipinski definition) is 7. The van der Waals surface area contributed by atoms with Crippen molar-refractivity contribution in [2.75, 3.05) is 45.9 Å². The molecule has 0 unspecified atom stereocenters. The van der Waals surface area contributed by atoms with Crippen molar-refractivity contribution in [1.29, 1.82) is 0 Å². The minimum atomic E-state index is -0.414. The molecule has 3 amide bonds. The quantitative estimate of drug-likeness (QED) is 0.387. The highest BCUT2D eigenvalue weighted by molar-refractivity contribution is 5.96. The van der Waals surface area contributed by atoms with Gasteiger partial charge >= 0.3 is 0 Å². The van der Waals surface area contributed by atoms with E-state index < -0.39 is 5.92 Å². The highest BCUT2D eigenvalue weighted by Gasteiger charge is 2.41. The summed E-state index contributed by atoms with van der Waals surface area (Å²) in [6.07, 6.45) is 4.76. The lowest BCUT2D eigenvalue weighted by atomic mass is 9.88. The van der Waals surface area contributed by atoms with Crippen LogP contribution in [0.15, 0.2) is 67.0 Å². The largest absolute Gasteiger partial charge is 0.493 e. The molecule has 7 rings (SSSR count). The maximum absolute atomic E-state index is 13.6. The zero-order valence-corrected chi connectivity index (χ0v) is 23.6. The highest BCUT2D eigenvalue weighted by Crippen LogP contribution is 2.36. The molecule has 1 saturated heterocycles. The highest BCUT2D eigenvalue weighted by atomic mass is 16.5. The lowest BCUT2D eigenvalue weighted by molar-refractivity contribution is -0.124. The number of rotatable bonds is 2. The number of aromatic nitrogens is 3. The van der Waals surface area contributed by atoms with E-state index in [1.165, 1.54) is 0 Å². The molecule has 11 nitrogen and oxygen atoms in total. The predicted octanol–water partition coefficient (Wildman–Crippen LogP) is 2.56. The molecule has 2 bridgehead atoms. The van der Waals surface area contributed by atoms with E-state index >= 15 is 0 Å². The van der Waals surface area contributed by atoms with Crippen LogP contribution in [0.3, 0.4) is 0 Å². The average Bonchev–Trinajstić information content (AvgIpc) is 3.79. The third-order valence-electron chi connectivity index (χ3n) is 8.44. The van der Waals surface area contributed by atoms with Crippen LogP contribution >= 0.6 is 0 Å². The van der Waals surface area contributed by atoms with Gasteiger partial charge in [-0.15, -0.1) is 0 Å². The topological polar surface area (TPSA) is 118 Å².